The summed E-state index contributed by atoms with van der Waals surface area (Å²) < 4.78 is 39.3. The fourth-order valence-corrected chi connectivity index (χ4v) is 3.20. The van der Waals surface area contributed by atoms with Crippen molar-refractivity contribution < 1.29 is 23.1 Å². The highest BCUT2D eigenvalue weighted by Crippen LogP contribution is 2.38. The highest BCUT2D eigenvalue weighted by atomic mass is 19.4. The molecule has 1 unspecified atom stereocenters. The normalized spacial score (nSPS) is 21.7. The van der Waals surface area contributed by atoms with Crippen molar-refractivity contribution >= 4 is 11.6 Å². The molecule has 1 aromatic rings. The fraction of sp³-hybridized carbons (Fsp3) is 0.650. The van der Waals surface area contributed by atoms with Crippen molar-refractivity contribution in [2.75, 3.05) is 25.0 Å². The predicted molar refractivity (Wildman–Crippen MR) is 99.9 cm³/mol. The summed E-state index contributed by atoms with van der Waals surface area (Å²) in [6.45, 7) is 8.95. The molecule has 7 heteroatoms. The molecule has 27 heavy (non-hydrogen) atoms. The van der Waals surface area contributed by atoms with Crippen molar-refractivity contribution in [3.63, 3.8) is 0 Å². The Morgan fingerprint density at radius 3 is 2.48 bits per heavy atom. The summed E-state index contributed by atoms with van der Waals surface area (Å²) in [7, 11) is 0. The summed E-state index contributed by atoms with van der Waals surface area (Å²) in [6, 6.07) is 5.36. The first-order valence-corrected chi connectivity index (χ1v) is 9.26. The summed E-state index contributed by atoms with van der Waals surface area (Å²) in [4.78, 5) is 14.3. The minimum Gasteiger partial charge on any atom is -0.384 e. The molecule has 1 atom stereocenters. The largest absolute Gasteiger partial charge is 0.417 e. The van der Waals surface area contributed by atoms with Gasteiger partial charge in [0.2, 0.25) is 0 Å². The molecular formula is C20H29F3N2O2. The molecule has 1 aromatic carbocycles. The van der Waals surface area contributed by atoms with Crippen LogP contribution in [0.3, 0.4) is 0 Å². The van der Waals surface area contributed by atoms with Gasteiger partial charge in [0.15, 0.2) is 5.60 Å². The van der Waals surface area contributed by atoms with Crippen molar-refractivity contribution in [1.82, 2.24) is 4.90 Å². The van der Waals surface area contributed by atoms with Crippen LogP contribution in [0.1, 0.15) is 56.0 Å². The number of amides is 1. The Bertz CT molecular complexity index is 683. The van der Waals surface area contributed by atoms with E-state index in [4.69, 9.17) is 0 Å². The maximum absolute atomic E-state index is 13.1. The number of rotatable bonds is 3. The number of nitrogens with one attached hydrogen (secondary N) is 1. The number of benzene rings is 1. The first kappa shape index (κ1) is 21.5. The van der Waals surface area contributed by atoms with Gasteiger partial charge in [0.1, 0.15) is 0 Å². The van der Waals surface area contributed by atoms with Crippen LogP contribution in [0.15, 0.2) is 18.2 Å². The maximum atomic E-state index is 13.1. The first-order chi connectivity index (χ1) is 12.3. The fourth-order valence-electron chi connectivity index (χ4n) is 3.20. The van der Waals surface area contributed by atoms with Crippen LogP contribution in [0.5, 0.6) is 0 Å². The Balaban J connectivity index is 2.16. The van der Waals surface area contributed by atoms with E-state index in [9.17, 15) is 23.1 Å². The third kappa shape index (κ3) is 5.15. The third-order valence-corrected chi connectivity index (χ3v) is 5.00. The second-order valence-corrected chi connectivity index (χ2v) is 8.57. The number of nitrogens with zero attached hydrogens (tertiary/aromatic N) is 1. The molecule has 1 heterocycles. The Labute approximate surface area is 158 Å². The number of aliphatic hydroxyl groups is 1. The van der Waals surface area contributed by atoms with Crippen molar-refractivity contribution in [2.24, 2.45) is 5.41 Å². The van der Waals surface area contributed by atoms with Crippen molar-refractivity contribution in [1.29, 1.82) is 0 Å². The molecule has 1 aliphatic heterocycles. The number of hydrogen-bond donors (Lipinski definition) is 2. The van der Waals surface area contributed by atoms with Gasteiger partial charge in [0, 0.05) is 37.3 Å². The monoisotopic (exact) mass is 386 g/mol. The van der Waals surface area contributed by atoms with Gasteiger partial charge in [-0.1, -0.05) is 26.8 Å². The second-order valence-electron chi connectivity index (χ2n) is 8.57. The van der Waals surface area contributed by atoms with Crippen molar-refractivity contribution in [3.05, 3.63) is 29.3 Å². The van der Waals surface area contributed by atoms with Crippen LogP contribution >= 0.6 is 0 Å². The average Bonchev–Trinajstić information content (AvgIpc) is 2.75. The van der Waals surface area contributed by atoms with Gasteiger partial charge in [-0.2, -0.15) is 13.2 Å². The lowest BCUT2D eigenvalue weighted by atomic mass is 9.94. The number of carbonyl (C=O) groups excluding carboxylic acids is 1. The second kappa shape index (κ2) is 7.70. The molecule has 1 fully saturated rings. The Morgan fingerprint density at radius 1 is 1.22 bits per heavy atom. The van der Waals surface area contributed by atoms with Crippen LogP contribution in [0, 0.1) is 12.3 Å². The van der Waals surface area contributed by atoms with Crippen molar-refractivity contribution in [3.8, 4) is 0 Å². The van der Waals surface area contributed by atoms with E-state index in [1.807, 2.05) is 13.0 Å². The van der Waals surface area contributed by atoms with Crippen LogP contribution in [-0.2, 0) is 0 Å². The highest BCUT2D eigenvalue weighted by molar-refractivity contribution is 5.97. The lowest BCUT2D eigenvalue weighted by molar-refractivity contribution is -0.263. The van der Waals surface area contributed by atoms with E-state index in [1.54, 1.807) is 12.1 Å². The zero-order chi connectivity index (χ0) is 20.5. The van der Waals surface area contributed by atoms with E-state index in [0.717, 1.165) is 17.8 Å². The Morgan fingerprint density at radius 2 is 1.89 bits per heavy atom. The van der Waals surface area contributed by atoms with E-state index in [2.05, 4.69) is 26.1 Å². The summed E-state index contributed by atoms with van der Waals surface area (Å²) in [5, 5.41) is 13.3. The molecule has 4 nitrogen and oxygen atoms in total. The molecule has 0 saturated carbocycles. The molecule has 0 radical (unpaired) electrons. The molecule has 0 bridgehead atoms. The number of anilines is 1. The minimum absolute atomic E-state index is 0.0687. The Kier molecular flexibility index (Phi) is 6.14. The zero-order valence-electron chi connectivity index (χ0n) is 16.4. The molecule has 1 saturated heterocycles. The van der Waals surface area contributed by atoms with Crippen LogP contribution in [0.25, 0.3) is 0 Å². The van der Waals surface area contributed by atoms with E-state index < -0.39 is 18.2 Å². The summed E-state index contributed by atoms with van der Waals surface area (Å²) in [5.41, 5.74) is -0.544. The lowest BCUT2D eigenvalue weighted by Gasteiger charge is -2.29. The topological polar surface area (TPSA) is 52.6 Å². The average molecular weight is 386 g/mol. The van der Waals surface area contributed by atoms with Gasteiger partial charge in [-0.05, 0) is 42.9 Å². The molecule has 1 aliphatic rings. The predicted octanol–water partition coefficient (Wildman–Crippen LogP) is 4.37. The van der Waals surface area contributed by atoms with Crippen LogP contribution in [-0.4, -0.2) is 47.3 Å². The minimum atomic E-state index is -4.68. The highest BCUT2D eigenvalue weighted by Gasteiger charge is 2.53. The molecule has 0 spiro atoms. The molecule has 152 valence electrons. The van der Waals surface area contributed by atoms with Gasteiger partial charge < -0.3 is 15.3 Å². The summed E-state index contributed by atoms with van der Waals surface area (Å²) in [5.74, 6) is -0.293. The Hall–Kier alpha value is -1.76. The van der Waals surface area contributed by atoms with Crippen molar-refractivity contribution in [2.45, 2.75) is 58.7 Å². The van der Waals surface area contributed by atoms with Gasteiger partial charge in [0.05, 0.1) is 0 Å². The molecule has 1 amide bonds. The quantitative estimate of drug-likeness (QED) is 0.811. The first-order valence-electron chi connectivity index (χ1n) is 9.26. The number of halogens is 3. The molecule has 0 aromatic heterocycles. The molecule has 0 aliphatic carbocycles. The van der Waals surface area contributed by atoms with E-state index in [1.165, 1.54) is 4.90 Å². The summed E-state index contributed by atoms with van der Waals surface area (Å²) >= 11 is 0. The third-order valence-electron chi connectivity index (χ3n) is 5.00. The number of hydrogen-bond acceptors (Lipinski definition) is 3. The van der Waals surface area contributed by atoms with Gasteiger partial charge in [-0.3, -0.25) is 4.79 Å². The smallest absolute Gasteiger partial charge is 0.384 e. The standard InChI is InChI=1S/C20H29F3N2O2/c1-14-15(7-5-8-16(14)24-13-18(2,3)4)17(26)25-11-6-9-19(27,10-12-25)20(21,22)23/h5,7-8,24,27H,6,9-13H2,1-4H3. The number of carbonyl (C=O) groups is 1. The maximum Gasteiger partial charge on any atom is 0.417 e. The lowest BCUT2D eigenvalue weighted by Crippen LogP contribution is -2.46. The number of likely N-dealkylation sites (tertiary alicyclic amines) is 1. The van der Waals surface area contributed by atoms with Crippen LogP contribution in [0.4, 0.5) is 18.9 Å². The van der Waals surface area contributed by atoms with E-state index >= 15 is 0 Å². The van der Waals surface area contributed by atoms with Gasteiger partial charge >= 0.3 is 6.18 Å². The molecule has 2 rings (SSSR count). The van der Waals surface area contributed by atoms with Gasteiger partial charge in [-0.15, -0.1) is 0 Å². The van der Waals surface area contributed by atoms with Crippen LogP contribution < -0.4 is 5.32 Å². The molecular weight excluding hydrogens is 357 g/mol. The van der Waals surface area contributed by atoms with Gasteiger partial charge in [0.25, 0.3) is 5.91 Å². The van der Waals surface area contributed by atoms with E-state index in [-0.39, 0.29) is 37.3 Å². The molecule has 2 N–H and O–H groups in total. The van der Waals surface area contributed by atoms with E-state index in [0.29, 0.717) is 5.56 Å². The SMILES string of the molecule is Cc1c(NCC(C)(C)C)cccc1C(=O)N1CCCC(O)(C(F)(F)F)CC1. The van der Waals surface area contributed by atoms with Crippen LogP contribution in [0.2, 0.25) is 0 Å². The number of alkyl halides is 3. The summed E-state index contributed by atoms with van der Waals surface area (Å²) in [6.07, 6.45) is -5.45. The van der Waals surface area contributed by atoms with Gasteiger partial charge in [-0.25, -0.2) is 0 Å². The zero-order valence-corrected chi connectivity index (χ0v) is 16.4.